The molecule has 0 saturated carbocycles. The third-order valence-electron chi connectivity index (χ3n) is 3.15. The van der Waals surface area contributed by atoms with Crippen molar-refractivity contribution in [3.05, 3.63) is 0 Å². The molecule has 0 spiro atoms. The second-order valence-corrected chi connectivity index (χ2v) is 5.03. The molecule has 0 aromatic rings. The molecule has 0 radical (unpaired) electrons. The van der Waals surface area contributed by atoms with E-state index >= 15 is 0 Å². The molecule has 2 unspecified atom stereocenters. The van der Waals surface area contributed by atoms with Crippen molar-refractivity contribution in [2.75, 3.05) is 13.1 Å². The van der Waals surface area contributed by atoms with Crippen LogP contribution >= 0.6 is 0 Å². The Morgan fingerprint density at radius 3 is 2.73 bits per heavy atom. The van der Waals surface area contributed by atoms with Crippen LogP contribution in [0.2, 0.25) is 0 Å². The van der Waals surface area contributed by atoms with E-state index < -0.39 is 0 Å². The van der Waals surface area contributed by atoms with Crippen LogP contribution in [-0.2, 0) is 4.79 Å². The van der Waals surface area contributed by atoms with Gasteiger partial charge in [0.2, 0.25) is 5.91 Å². The van der Waals surface area contributed by atoms with Crippen LogP contribution in [0.4, 0.5) is 0 Å². The molecule has 1 N–H and O–H groups in total. The summed E-state index contributed by atoms with van der Waals surface area (Å²) in [6, 6.07) is 0.371. The maximum absolute atomic E-state index is 12.0. The summed E-state index contributed by atoms with van der Waals surface area (Å²) in [5.41, 5.74) is 0. The predicted octanol–water partition coefficient (Wildman–Crippen LogP) is 1.63. The number of hydrogen-bond acceptors (Lipinski definition) is 2. The average molecular weight is 212 g/mol. The van der Waals surface area contributed by atoms with Gasteiger partial charge in [0.05, 0.1) is 6.04 Å². The fraction of sp³-hybridized carbons (Fsp3) is 0.917. The minimum absolute atomic E-state index is 0.0119. The number of nitrogens with zero attached hydrogens (tertiary/aromatic N) is 1. The zero-order valence-electron chi connectivity index (χ0n) is 10.4. The van der Waals surface area contributed by atoms with E-state index in [-0.39, 0.29) is 11.9 Å². The van der Waals surface area contributed by atoms with Gasteiger partial charge in [0, 0.05) is 12.6 Å². The lowest BCUT2D eigenvalue weighted by atomic mass is 10.1. The maximum atomic E-state index is 12.0. The monoisotopic (exact) mass is 212 g/mol. The van der Waals surface area contributed by atoms with Gasteiger partial charge in [-0.2, -0.15) is 0 Å². The highest BCUT2D eigenvalue weighted by Crippen LogP contribution is 2.12. The Hall–Kier alpha value is -0.570. The highest BCUT2D eigenvalue weighted by molar-refractivity contribution is 5.82. The SMILES string of the molecule is CC(C)CCN1C(=O)C(C)NCCC1C. The normalized spacial score (nSPS) is 28.3. The largest absolute Gasteiger partial charge is 0.339 e. The molecule has 1 amide bonds. The van der Waals surface area contributed by atoms with Gasteiger partial charge >= 0.3 is 0 Å². The molecule has 3 heteroatoms. The summed E-state index contributed by atoms with van der Waals surface area (Å²) in [7, 11) is 0. The van der Waals surface area contributed by atoms with Crippen molar-refractivity contribution in [3.63, 3.8) is 0 Å². The first-order valence-electron chi connectivity index (χ1n) is 6.06. The topological polar surface area (TPSA) is 32.3 Å². The van der Waals surface area contributed by atoms with Gasteiger partial charge < -0.3 is 10.2 Å². The van der Waals surface area contributed by atoms with Crippen LogP contribution in [0.25, 0.3) is 0 Å². The van der Waals surface area contributed by atoms with Crippen LogP contribution in [0.1, 0.15) is 40.5 Å². The third-order valence-corrected chi connectivity index (χ3v) is 3.15. The van der Waals surface area contributed by atoms with Crippen LogP contribution in [0.3, 0.4) is 0 Å². The maximum Gasteiger partial charge on any atom is 0.239 e. The number of hydrogen-bond donors (Lipinski definition) is 1. The van der Waals surface area contributed by atoms with Crippen molar-refractivity contribution in [1.82, 2.24) is 10.2 Å². The highest BCUT2D eigenvalue weighted by Gasteiger charge is 2.27. The van der Waals surface area contributed by atoms with Crippen LogP contribution in [0.15, 0.2) is 0 Å². The van der Waals surface area contributed by atoms with Gasteiger partial charge in [-0.1, -0.05) is 13.8 Å². The van der Waals surface area contributed by atoms with Crippen molar-refractivity contribution < 1.29 is 4.79 Å². The van der Waals surface area contributed by atoms with Gasteiger partial charge in [0.1, 0.15) is 0 Å². The molecular weight excluding hydrogens is 188 g/mol. The van der Waals surface area contributed by atoms with E-state index in [4.69, 9.17) is 0 Å². The summed E-state index contributed by atoms with van der Waals surface area (Å²) in [4.78, 5) is 14.1. The van der Waals surface area contributed by atoms with E-state index in [1.165, 1.54) is 0 Å². The molecule has 2 atom stereocenters. The minimum Gasteiger partial charge on any atom is -0.339 e. The molecule has 1 heterocycles. The second kappa shape index (κ2) is 5.50. The van der Waals surface area contributed by atoms with Crippen LogP contribution in [0.5, 0.6) is 0 Å². The minimum atomic E-state index is -0.0119. The Kier molecular flexibility index (Phi) is 4.58. The lowest BCUT2D eigenvalue weighted by molar-refractivity contribution is -0.134. The first-order valence-corrected chi connectivity index (χ1v) is 6.06. The summed E-state index contributed by atoms with van der Waals surface area (Å²) < 4.78 is 0. The summed E-state index contributed by atoms with van der Waals surface area (Å²) >= 11 is 0. The van der Waals surface area contributed by atoms with E-state index in [9.17, 15) is 4.79 Å². The molecule has 0 aliphatic carbocycles. The molecule has 1 fully saturated rings. The number of nitrogens with one attached hydrogen (secondary N) is 1. The molecule has 0 aromatic heterocycles. The van der Waals surface area contributed by atoms with E-state index in [0.717, 1.165) is 25.9 Å². The molecule has 1 aliphatic heterocycles. The molecule has 15 heavy (non-hydrogen) atoms. The third kappa shape index (κ3) is 3.49. The van der Waals surface area contributed by atoms with Crippen molar-refractivity contribution in [3.8, 4) is 0 Å². The molecule has 88 valence electrons. The van der Waals surface area contributed by atoms with E-state index in [1.54, 1.807) is 0 Å². The van der Waals surface area contributed by atoms with Gasteiger partial charge in [-0.15, -0.1) is 0 Å². The molecule has 0 aromatic carbocycles. The number of amides is 1. The number of carbonyl (C=O) groups is 1. The van der Waals surface area contributed by atoms with Gasteiger partial charge in [0.25, 0.3) is 0 Å². The molecule has 1 rings (SSSR count). The highest BCUT2D eigenvalue weighted by atomic mass is 16.2. The Morgan fingerprint density at radius 2 is 2.13 bits per heavy atom. The van der Waals surface area contributed by atoms with Crippen molar-refractivity contribution in [2.45, 2.75) is 52.6 Å². The quantitative estimate of drug-likeness (QED) is 0.771. The van der Waals surface area contributed by atoms with Gasteiger partial charge in [-0.3, -0.25) is 4.79 Å². The smallest absolute Gasteiger partial charge is 0.239 e. The first kappa shape index (κ1) is 12.5. The molecule has 3 nitrogen and oxygen atoms in total. The molecule has 0 bridgehead atoms. The number of rotatable bonds is 3. The van der Waals surface area contributed by atoms with Crippen molar-refractivity contribution in [2.24, 2.45) is 5.92 Å². The lowest BCUT2D eigenvalue weighted by Crippen LogP contribution is -2.45. The van der Waals surface area contributed by atoms with Crippen molar-refractivity contribution in [1.29, 1.82) is 0 Å². The zero-order valence-corrected chi connectivity index (χ0v) is 10.4. The Morgan fingerprint density at radius 1 is 1.47 bits per heavy atom. The van der Waals surface area contributed by atoms with Gasteiger partial charge in [0.15, 0.2) is 0 Å². The standard InChI is InChI=1S/C12H24N2O/c1-9(2)6-8-14-10(3)5-7-13-11(4)12(14)15/h9-11,13H,5-8H2,1-4H3. The summed E-state index contributed by atoms with van der Waals surface area (Å²) in [5.74, 6) is 0.928. The Bertz CT molecular complexity index is 216. The molecule has 1 aliphatic rings. The first-order chi connectivity index (χ1) is 7.02. The zero-order chi connectivity index (χ0) is 11.4. The summed E-state index contributed by atoms with van der Waals surface area (Å²) in [5, 5.41) is 3.25. The summed E-state index contributed by atoms with van der Waals surface area (Å²) in [6.07, 6.45) is 2.16. The Labute approximate surface area is 93.2 Å². The molecule has 1 saturated heterocycles. The van der Waals surface area contributed by atoms with Crippen molar-refractivity contribution >= 4 is 5.91 Å². The fourth-order valence-electron chi connectivity index (χ4n) is 1.95. The van der Waals surface area contributed by atoms with E-state index in [1.807, 2.05) is 11.8 Å². The van der Waals surface area contributed by atoms with Crippen LogP contribution < -0.4 is 5.32 Å². The van der Waals surface area contributed by atoms with Gasteiger partial charge in [-0.25, -0.2) is 0 Å². The molecular formula is C12H24N2O. The summed E-state index contributed by atoms with van der Waals surface area (Å²) in [6.45, 7) is 10.4. The van der Waals surface area contributed by atoms with Crippen LogP contribution in [-0.4, -0.2) is 36.0 Å². The number of carbonyl (C=O) groups excluding carboxylic acids is 1. The predicted molar refractivity (Wildman–Crippen MR) is 62.7 cm³/mol. The van der Waals surface area contributed by atoms with Crippen LogP contribution in [0, 0.1) is 5.92 Å². The Balaban J connectivity index is 2.59. The second-order valence-electron chi connectivity index (χ2n) is 5.03. The van der Waals surface area contributed by atoms with E-state index in [0.29, 0.717) is 12.0 Å². The lowest BCUT2D eigenvalue weighted by Gasteiger charge is -2.29. The average Bonchev–Trinajstić information content (AvgIpc) is 2.26. The van der Waals surface area contributed by atoms with Gasteiger partial charge in [-0.05, 0) is 39.2 Å². The fourth-order valence-corrected chi connectivity index (χ4v) is 1.95. The van der Waals surface area contributed by atoms with E-state index in [2.05, 4.69) is 26.1 Å².